The number of hydrogen-bond donors (Lipinski definition) is 4. The molecule has 3 fully saturated rings. The molecular weight excluding hydrogens is 409 g/mol. The van der Waals surface area contributed by atoms with Crippen LogP contribution in [0.5, 0.6) is 0 Å². The SMILES string of the molecule is CC(C)(C)N/C(=N\C1CC(C2CCCC(Cl)C2)NN1)NC(=O)C1CCCC(Cl)C1. The van der Waals surface area contributed by atoms with Crippen molar-refractivity contribution in [1.29, 1.82) is 0 Å². The van der Waals surface area contributed by atoms with Crippen LogP contribution >= 0.6 is 23.2 Å². The molecule has 0 radical (unpaired) electrons. The summed E-state index contributed by atoms with van der Waals surface area (Å²) in [5, 5.41) is 6.79. The predicted molar refractivity (Wildman–Crippen MR) is 120 cm³/mol. The summed E-state index contributed by atoms with van der Waals surface area (Å²) in [7, 11) is 0. The van der Waals surface area contributed by atoms with Gasteiger partial charge in [0.2, 0.25) is 5.91 Å². The first-order valence-electron chi connectivity index (χ1n) is 11.2. The number of aliphatic imine (C=N–C) groups is 1. The maximum Gasteiger partial charge on any atom is 0.229 e. The molecule has 0 aromatic carbocycles. The Morgan fingerprint density at radius 2 is 1.66 bits per heavy atom. The van der Waals surface area contributed by atoms with Crippen LogP contribution < -0.4 is 21.5 Å². The van der Waals surface area contributed by atoms with Gasteiger partial charge in [-0.3, -0.25) is 15.5 Å². The number of halogens is 2. The Balaban J connectivity index is 1.61. The number of hydrazine groups is 1. The number of amides is 1. The smallest absolute Gasteiger partial charge is 0.229 e. The molecule has 2 aliphatic carbocycles. The van der Waals surface area contributed by atoms with E-state index in [1.54, 1.807) is 0 Å². The maximum absolute atomic E-state index is 12.8. The van der Waals surface area contributed by atoms with Gasteiger partial charge in [0.1, 0.15) is 6.17 Å². The fourth-order valence-electron chi connectivity index (χ4n) is 4.68. The van der Waals surface area contributed by atoms with E-state index >= 15 is 0 Å². The second-order valence-electron chi connectivity index (χ2n) is 9.97. The lowest BCUT2D eigenvalue weighted by atomic mass is 9.83. The van der Waals surface area contributed by atoms with Crippen LogP contribution in [0.4, 0.5) is 0 Å². The van der Waals surface area contributed by atoms with Gasteiger partial charge < -0.3 is 5.32 Å². The van der Waals surface area contributed by atoms with E-state index in [4.69, 9.17) is 28.2 Å². The third kappa shape index (κ3) is 7.27. The minimum absolute atomic E-state index is 0.0191. The largest absolute Gasteiger partial charge is 0.351 e. The summed E-state index contributed by atoms with van der Waals surface area (Å²) in [5.74, 6) is 1.10. The minimum atomic E-state index is -0.200. The lowest BCUT2D eigenvalue weighted by Crippen LogP contribution is -2.52. The van der Waals surface area contributed by atoms with Crippen molar-refractivity contribution in [2.45, 2.75) is 107 Å². The monoisotopic (exact) mass is 445 g/mol. The summed E-state index contributed by atoms with van der Waals surface area (Å²) in [5.41, 5.74) is 6.52. The molecule has 0 spiro atoms. The van der Waals surface area contributed by atoms with E-state index in [-0.39, 0.29) is 34.3 Å². The van der Waals surface area contributed by atoms with Gasteiger partial charge in [-0.2, -0.15) is 0 Å². The molecule has 29 heavy (non-hydrogen) atoms. The Hall–Kier alpha value is -0.560. The van der Waals surface area contributed by atoms with Crippen LogP contribution in [0.2, 0.25) is 0 Å². The highest BCUT2D eigenvalue weighted by Crippen LogP contribution is 2.32. The van der Waals surface area contributed by atoms with E-state index in [1.165, 1.54) is 12.8 Å². The van der Waals surface area contributed by atoms with Gasteiger partial charge in [0, 0.05) is 34.7 Å². The van der Waals surface area contributed by atoms with Crippen molar-refractivity contribution in [3.05, 3.63) is 0 Å². The zero-order chi connectivity index (χ0) is 21.0. The van der Waals surface area contributed by atoms with Crippen molar-refractivity contribution >= 4 is 35.1 Å². The number of guanidine groups is 1. The lowest BCUT2D eigenvalue weighted by molar-refractivity contribution is -0.124. The predicted octanol–water partition coefficient (Wildman–Crippen LogP) is 3.63. The van der Waals surface area contributed by atoms with Gasteiger partial charge in [-0.15, -0.1) is 23.2 Å². The highest BCUT2D eigenvalue weighted by molar-refractivity contribution is 6.21. The summed E-state index contributed by atoms with van der Waals surface area (Å²) >= 11 is 12.7. The molecule has 1 amide bonds. The van der Waals surface area contributed by atoms with E-state index in [1.807, 2.05) is 0 Å². The molecule has 1 aliphatic heterocycles. The fourth-order valence-corrected chi connectivity index (χ4v) is 5.43. The first-order valence-corrected chi connectivity index (χ1v) is 12.0. The van der Waals surface area contributed by atoms with E-state index in [9.17, 15) is 4.79 Å². The molecule has 6 atom stereocenters. The van der Waals surface area contributed by atoms with E-state index in [2.05, 4.69) is 42.3 Å². The maximum atomic E-state index is 12.8. The molecule has 1 heterocycles. The first-order chi connectivity index (χ1) is 13.7. The van der Waals surface area contributed by atoms with E-state index in [0.29, 0.717) is 17.9 Å². The van der Waals surface area contributed by atoms with Gasteiger partial charge in [-0.1, -0.05) is 12.8 Å². The molecule has 166 valence electrons. The standard InChI is InChI=1S/C21H37Cl2N5O/c1-21(2,3)26-20(25-19(29)14-7-5-9-16(23)11-14)24-18-12-17(27-28-18)13-6-4-8-15(22)10-13/h13-18,27-28H,4-12H2,1-3H3,(H2,24,25,26,29). The zero-order valence-electron chi connectivity index (χ0n) is 17.9. The third-order valence-corrected chi connectivity index (χ3v) is 6.93. The van der Waals surface area contributed by atoms with Crippen LogP contribution in [0.15, 0.2) is 4.99 Å². The first kappa shape index (κ1) is 23.1. The van der Waals surface area contributed by atoms with Crippen molar-refractivity contribution in [2.75, 3.05) is 0 Å². The number of alkyl halides is 2. The van der Waals surface area contributed by atoms with Crippen molar-refractivity contribution < 1.29 is 4.79 Å². The average molecular weight is 446 g/mol. The lowest BCUT2D eigenvalue weighted by Gasteiger charge is -2.29. The number of nitrogens with one attached hydrogen (secondary N) is 4. The second kappa shape index (κ2) is 10.2. The van der Waals surface area contributed by atoms with Crippen LogP contribution in [-0.4, -0.2) is 40.4 Å². The summed E-state index contributed by atoms with van der Waals surface area (Å²) in [6.45, 7) is 6.20. The molecule has 6 nitrogen and oxygen atoms in total. The normalized spacial score (nSPS) is 36.7. The number of carbonyl (C=O) groups is 1. The molecule has 8 heteroatoms. The van der Waals surface area contributed by atoms with Crippen LogP contribution in [0.3, 0.4) is 0 Å². The Morgan fingerprint density at radius 3 is 2.31 bits per heavy atom. The molecule has 0 bridgehead atoms. The molecule has 1 saturated heterocycles. The summed E-state index contributed by atoms with van der Waals surface area (Å²) < 4.78 is 0. The second-order valence-corrected chi connectivity index (χ2v) is 11.2. The van der Waals surface area contributed by atoms with Gasteiger partial charge >= 0.3 is 0 Å². The van der Waals surface area contributed by atoms with Crippen LogP contribution in [0.25, 0.3) is 0 Å². The third-order valence-electron chi connectivity index (χ3n) is 6.13. The van der Waals surface area contributed by atoms with Crippen molar-refractivity contribution in [2.24, 2.45) is 16.8 Å². The van der Waals surface area contributed by atoms with Gasteiger partial charge in [-0.05, 0) is 65.2 Å². The van der Waals surface area contributed by atoms with E-state index in [0.717, 1.165) is 44.9 Å². The Bertz CT molecular complexity index is 594. The van der Waals surface area contributed by atoms with Crippen LogP contribution in [0, 0.1) is 11.8 Å². The highest BCUT2D eigenvalue weighted by Gasteiger charge is 2.34. The quantitative estimate of drug-likeness (QED) is 0.303. The van der Waals surface area contributed by atoms with Gasteiger partial charge in [0.25, 0.3) is 0 Å². The molecule has 2 saturated carbocycles. The molecular formula is C21H37Cl2N5O. The van der Waals surface area contributed by atoms with Crippen LogP contribution in [-0.2, 0) is 4.79 Å². The average Bonchev–Trinajstić information content (AvgIpc) is 3.09. The zero-order valence-corrected chi connectivity index (χ0v) is 19.5. The number of carbonyl (C=O) groups excluding carboxylic acids is 1. The van der Waals surface area contributed by atoms with Gasteiger partial charge in [0.15, 0.2) is 5.96 Å². The molecule has 0 aromatic heterocycles. The number of nitrogens with zero attached hydrogens (tertiary/aromatic N) is 1. The van der Waals surface area contributed by atoms with Crippen molar-refractivity contribution in [3.63, 3.8) is 0 Å². The Labute approximate surface area is 185 Å². The molecule has 3 rings (SSSR count). The van der Waals surface area contributed by atoms with E-state index < -0.39 is 0 Å². The number of rotatable bonds is 3. The van der Waals surface area contributed by atoms with Crippen molar-refractivity contribution in [1.82, 2.24) is 21.5 Å². The molecule has 0 aromatic rings. The fraction of sp³-hybridized carbons (Fsp3) is 0.905. The number of hydrogen-bond acceptors (Lipinski definition) is 4. The molecule has 4 N–H and O–H groups in total. The van der Waals surface area contributed by atoms with Crippen molar-refractivity contribution in [3.8, 4) is 0 Å². The van der Waals surface area contributed by atoms with Gasteiger partial charge in [-0.25, -0.2) is 10.4 Å². The Kier molecular flexibility index (Phi) is 8.10. The minimum Gasteiger partial charge on any atom is -0.351 e. The topological polar surface area (TPSA) is 77.6 Å². The Morgan fingerprint density at radius 1 is 0.966 bits per heavy atom. The summed E-state index contributed by atoms with van der Waals surface area (Å²) in [6.07, 6.45) is 9.04. The molecule has 6 unspecified atom stereocenters. The summed E-state index contributed by atoms with van der Waals surface area (Å²) in [6, 6.07) is 0.368. The highest BCUT2D eigenvalue weighted by atomic mass is 35.5. The molecule has 3 aliphatic rings. The summed E-state index contributed by atoms with van der Waals surface area (Å²) in [4.78, 5) is 17.6. The van der Waals surface area contributed by atoms with Crippen LogP contribution in [0.1, 0.15) is 78.6 Å². The van der Waals surface area contributed by atoms with Gasteiger partial charge in [0.05, 0.1) is 0 Å².